The molecule has 0 atom stereocenters. The highest BCUT2D eigenvalue weighted by Gasteiger charge is 2.22. The number of nitrogens with one attached hydrogen (secondary N) is 2. The molecule has 34 heavy (non-hydrogen) atoms. The minimum atomic E-state index is -0.284. The highest BCUT2D eigenvalue weighted by molar-refractivity contribution is 7.15. The lowest BCUT2D eigenvalue weighted by atomic mass is 9.77. The van der Waals surface area contributed by atoms with Gasteiger partial charge in [-0.25, -0.2) is 11.4 Å². The maximum atomic E-state index is 13.1. The Balaban J connectivity index is 1.65. The van der Waals surface area contributed by atoms with Crippen molar-refractivity contribution in [2.24, 2.45) is 22.6 Å². The smallest absolute Gasteiger partial charge is 0.260 e. The summed E-state index contributed by atoms with van der Waals surface area (Å²) in [6, 6.07) is 14.8. The monoisotopic (exact) mass is 477 g/mol. The molecule has 6 nitrogen and oxygen atoms in total. The predicted molar refractivity (Wildman–Crippen MR) is 143 cm³/mol. The van der Waals surface area contributed by atoms with E-state index in [4.69, 9.17) is 11.6 Å². The summed E-state index contributed by atoms with van der Waals surface area (Å²) in [5, 5.41) is 3.86. The Hall–Kier alpha value is -2.90. The van der Waals surface area contributed by atoms with Crippen molar-refractivity contribution in [2.75, 3.05) is 0 Å². The largest absolute Gasteiger partial charge is 0.382 e. The quantitative estimate of drug-likeness (QED) is 0.149. The van der Waals surface area contributed by atoms with E-state index in [1.807, 2.05) is 12.1 Å². The van der Waals surface area contributed by atoms with Gasteiger partial charge in [-0.05, 0) is 73.3 Å². The number of hydrazine groups is 1. The van der Waals surface area contributed by atoms with E-state index in [1.165, 1.54) is 49.0 Å². The van der Waals surface area contributed by atoms with Gasteiger partial charge in [-0.2, -0.15) is 0 Å². The zero-order valence-corrected chi connectivity index (χ0v) is 20.9. The maximum absolute atomic E-state index is 13.1. The molecule has 1 aliphatic rings. The van der Waals surface area contributed by atoms with Crippen LogP contribution in [0, 0.1) is 5.92 Å². The van der Waals surface area contributed by atoms with Gasteiger partial charge in [0.1, 0.15) is 0 Å². The van der Waals surface area contributed by atoms with Gasteiger partial charge in [0, 0.05) is 21.0 Å². The molecule has 1 saturated carbocycles. The summed E-state index contributed by atoms with van der Waals surface area (Å²) in [5.74, 6) is 6.92. The van der Waals surface area contributed by atoms with Gasteiger partial charge >= 0.3 is 0 Å². The number of aromatic amines is 1. The molecule has 0 spiro atoms. The molecule has 0 unspecified atom stereocenters. The van der Waals surface area contributed by atoms with Crippen molar-refractivity contribution >= 4 is 17.2 Å². The predicted octanol–water partition coefficient (Wildman–Crippen LogP) is 5.49. The molecule has 1 aliphatic carbocycles. The summed E-state index contributed by atoms with van der Waals surface area (Å²) >= 11 is 1.66. The first-order chi connectivity index (χ1) is 16.5. The molecule has 3 aromatic rings. The number of nitrogens with two attached hydrogens (primary N) is 2. The number of amidine groups is 1. The lowest BCUT2D eigenvalue weighted by Gasteiger charge is -2.28. The van der Waals surface area contributed by atoms with Crippen molar-refractivity contribution < 1.29 is 0 Å². The first kappa shape index (κ1) is 24.2. The van der Waals surface area contributed by atoms with E-state index >= 15 is 0 Å². The van der Waals surface area contributed by atoms with E-state index < -0.39 is 0 Å². The van der Waals surface area contributed by atoms with Crippen molar-refractivity contribution in [1.29, 1.82) is 0 Å². The van der Waals surface area contributed by atoms with Gasteiger partial charge in [-0.3, -0.25) is 4.79 Å². The zero-order valence-electron chi connectivity index (χ0n) is 20.1. The molecule has 0 bridgehead atoms. The van der Waals surface area contributed by atoms with Crippen LogP contribution in [0.3, 0.4) is 0 Å². The number of thiophene rings is 1. The lowest BCUT2D eigenvalue weighted by molar-refractivity contribution is 0.308. The summed E-state index contributed by atoms with van der Waals surface area (Å²) in [6.07, 6.45) is 8.79. The van der Waals surface area contributed by atoms with Gasteiger partial charge in [-0.15, -0.1) is 16.4 Å². The Labute approximate surface area is 205 Å². The average molecular weight is 478 g/mol. The number of pyridine rings is 1. The number of rotatable bonds is 8. The third-order valence-electron chi connectivity index (χ3n) is 6.99. The van der Waals surface area contributed by atoms with Crippen LogP contribution in [0.1, 0.15) is 74.3 Å². The first-order valence-corrected chi connectivity index (χ1v) is 13.1. The molecule has 1 aromatic carbocycles. The van der Waals surface area contributed by atoms with Gasteiger partial charge in [0.2, 0.25) is 0 Å². The molecule has 0 aliphatic heterocycles. The number of benzene rings is 1. The highest BCUT2D eigenvalue weighted by atomic mass is 32.1. The van der Waals surface area contributed by atoms with Crippen LogP contribution < -0.4 is 22.7 Å². The molecule has 6 N–H and O–H groups in total. The number of aromatic nitrogens is 1. The van der Waals surface area contributed by atoms with E-state index in [9.17, 15) is 4.79 Å². The molecule has 4 rings (SSSR count). The molecule has 0 radical (unpaired) electrons. The fourth-order valence-corrected chi connectivity index (χ4v) is 6.10. The summed E-state index contributed by atoms with van der Waals surface area (Å²) < 4.78 is 0. The van der Waals surface area contributed by atoms with Crippen LogP contribution >= 0.6 is 11.3 Å². The van der Waals surface area contributed by atoms with Crippen LogP contribution in [-0.2, 0) is 6.42 Å². The van der Waals surface area contributed by atoms with E-state index in [1.54, 1.807) is 11.3 Å². The number of H-pyrrole nitrogens is 1. The molecule has 1 fully saturated rings. The van der Waals surface area contributed by atoms with Crippen molar-refractivity contribution in [3.63, 3.8) is 0 Å². The van der Waals surface area contributed by atoms with Gasteiger partial charge in [-0.1, -0.05) is 51.0 Å². The van der Waals surface area contributed by atoms with Gasteiger partial charge in [0.25, 0.3) is 5.56 Å². The lowest BCUT2D eigenvalue weighted by Crippen LogP contribution is -2.29. The second-order valence-electron chi connectivity index (χ2n) is 9.17. The van der Waals surface area contributed by atoms with E-state index in [-0.39, 0.29) is 11.4 Å². The summed E-state index contributed by atoms with van der Waals surface area (Å²) in [5.41, 5.74) is 12.2. The van der Waals surface area contributed by atoms with Crippen LogP contribution in [0.5, 0.6) is 0 Å². The number of hydrogen-bond donors (Lipinski definition) is 4. The topological polar surface area (TPSA) is 109 Å². The Morgan fingerprint density at radius 1 is 1.12 bits per heavy atom. The van der Waals surface area contributed by atoms with E-state index in [0.29, 0.717) is 11.5 Å². The summed E-state index contributed by atoms with van der Waals surface area (Å²) in [6.45, 7) is 4.40. The number of hydrazone groups is 1. The van der Waals surface area contributed by atoms with E-state index in [2.05, 4.69) is 59.8 Å². The van der Waals surface area contributed by atoms with Crippen LogP contribution in [0.25, 0.3) is 21.7 Å². The Kier molecular flexibility index (Phi) is 7.85. The zero-order chi connectivity index (χ0) is 24.1. The summed E-state index contributed by atoms with van der Waals surface area (Å²) in [4.78, 5) is 18.3. The Morgan fingerprint density at radius 3 is 2.47 bits per heavy atom. The third kappa shape index (κ3) is 5.26. The molecule has 2 aromatic heterocycles. The molecule has 0 saturated heterocycles. The first-order valence-electron chi connectivity index (χ1n) is 12.3. The van der Waals surface area contributed by atoms with Crippen molar-refractivity contribution in [2.45, 2.75) is 64.7 Å². The second-order valence-corrected chi connectivity index (χ2v) is 10.3. The Bertz CT molecular complexity index is 1190. The fourth-order valence-electron chi connectivity index (χ4n) is 5.13. The Morgan fingerprint density at radius 2 is 1.85 bits per heavy atom. The SMILES string of the molecule is CCCC1CCC(c2ccc(-c3cc(-c4ccc(CC)s4)c(/C(N)=N/NN)c(=O)[nH]3)cc2)CC1. The fraction of sp³-hybridized carbons (Fsp3) is 0.407. The molecule has 0 amide bonds. The van der Waals surface area contributed by atoms with Crippen LogP contribution in [-0.4, -0.2) is 10.8 Å². The highest BCUT2D eigenvalue weighted by Crippen LogP contribution is 2.38. The summed E-state index contributed by atoms with van der Waals surface area (Å²) in [7, 11) is 0. The maximum Gasteiger partial charge on any atom is 0.260 e. The third-order valence-corrected chi connectivity index (χ3v) is 8.25. The van der Waals surface area contributed by atoms with E-state index in [0.717, 1.165) is 34.0 Å². The van der Waals surface area contributed by atoms with Crippen LogP contribution in [0.15, 0.2) is 52.4 Å². The molecular formula is C27H35N5OS. The standard InChI is InChI=1S/C27H35N5OS/c1-3-5-17-6-8-18(9-7-17)19-10-12-20(13-11-19)23-16-22(24-15-14-21(4-2)34-24)25(27(33)30-23)26(28)31-32-29/h10-18,32H,3-9,29H2,1-2H3,(H2,28,31)(H,30,33). The van der Waals surface area contributed by atoms with Crippen LogP contribution in [0.4, 0.5) is 0 Å². The molecule has 7 heteroatoms. The number of hydrogen-bond acceptors (Lipinski definition) is 5. The number of nitrogens with zero attached hydrogens (tertiary/aromatic N) is 1. The minimum absolute atomic E-state index is 0.0609. The minimum Gasteiger partial charge on any atom is -0.382 e. The molecule has 180 valence electrons. The van der Waals surface area contributed by atoms with Crippen molar-refractivity contribution in [3.8, 4) is 21.7 Å². The van der Waals surface area contributed by atoms with Gasteiger partial charge in [0.05, 0.1) is 5.56 Å². The van der Waals surface area contributed by atoms with Crippen molar-refractivity contribution in [1.82, 2.24) is 10.5 Å². The van der Waals surface area contributed by atoms with Crippen LogP contribution in [0.2, 0.25) is 0 Å². The normalized spacial score (nSPS) is 18.7. The van der Waals surface area contributed by atoms with Gasteiger partial charge < -0.3 is 10.7 Å². The number of aryl methyl sites for hydroxylation is 1. The second kappa shape index (κ2) is 11.0. The van der Waals surface area contributed by atoms with Gasteiger partial charge in [0.15, 0.2) is 5.84 Å². The molecule has 2 heterocycles. The average Bonchev–Trinajstić information content (AvgIpc) is 3.34. The van der Waals surface area contributed by atoms with Crippen molar-refractivity contribution in [3.05, 3.63) is 68.8 Å². The molecular weight excluding hydrogens is 442 g/mol.